The molecule has 3 rings (SSSR count). The van der Waals surface area contributed by atoms with E-state index in [-0.39, 0.29) is 11.9 Å². The van der Waals surface area contributed by atoms with E-state index < -0.39 is 0 Å². The molecule has 0 aliphatic carbocycles. The number of anilines is 3. The number of carbonyl (C=O) groups is 2. The minimum Gasteiger partial charge on any atom is -0.312 e. The number of nitrogens with zero attached hydrogens (tertiary/aromatic N) is 1. The Morgan fingerprint density at radius 1 is 1.12 bits per heavy atom. The minimum absolute atomic E-state index is 0.161. The lowest BCUT2D eigenvalue weighted by Crippen LogP contribution is -2.35. The molecule has 0 aromatic heterocycles. The molecule has 0 saturated heterocycles. The molecule has 0 bridgehead atoms. The monoisotopic (exact) mass is 357 g/mol. The molecule has 0 atom stereocenters. The normalized spacial score (nSPS) is 13.4. The van der Waals surface area contributed by atoms with Crippen LogP contribution in [0.4, 0.5) is 21.9 Å². The zero-order valence-corrected chi connectivity index (χ0v) is 14.8. The largest absolute Gasteiger partial charge is 0.323 e. The second kappa shape index (κ2) is 7.57. The highest BCUT2D eigenvalue weighted by atomic mass is 35.5. The van der Waals surface area contributed by atoms with Crippen molar-refractivity contribution < 1.29 is 9.59 Å². The van der Waals surface area contributed by atoms with Crippen molar-refractivity contribution in [3.63, 3.8) is 0 Å². The number of fused-ring (bicyclic) bond motifs is 1. The number of aryl methyl sites for hydroxylation is 1. The molecule has 130 valence electrons. The molecule has 1 aliphatic rings. The Kier molecular flexibility index (Phi) is 5.24. The number of rotatable bonds is 4. The van der Waals surface area contributed by atoms with E-state index in [1.165, 1.54) is 0 Å². The van der Waals surface area contributed by atoms with Crippen LogP contribution in [-0.4, -0.2) is 18.5 Å². The van der Waals surface area contributed by atoms with E-state index in [9.17, 15) is 9.59 Å². The smallest absolute Gasteiger partial charge is 0.312 e. The minimum atomic E-state index is -0.334. The van der Waals surface area contributed by atoms with Gasteiger partial charge in [0.1, 0.15) is 0 Å². The van der Waals surface area contributed by atoms with Crippen LogP contribution >= 0.6 is 11.6 Å². The number of halogens is 1. The summed E-state index contributed by atoms with van der Waals surface area (Å²) in [5.41, 5.74) is 3.35. The van der Waals surface area contributed by atoms with Crippen molar-refractivity contribution in [3.05, 3.63) is 53.1 Å². The number of urea groups is 1. The lowest BCUT2D eigenvalue weighted by atomic mass is 10.00. The Bertz CT molecular complexity index is 807. The molecule has 5 nitrogen and oxygen atoms in total. The van der Waals surface area contributed by atoms with Gasteiger partial charge in [-0.1, -0.05) is 24.6 Å². The van der Waals surface area contributed by atoms with Gasteiger partial charge in [-0.25, -0.2) is 4.79 Å². The first-order chi connectivity index (χ1) is 12.1. The van der Waals surface area contributed by atoms with E-state index in [0.717, 1.165) is 17.7 Å². The van der Waals surface area contributed by atoms with Crippen LogP contribution in [0.2, 0.25) is 5.02 Å². The van der Waals surface area contributed by atoms with E-state index in [1.807, 2.05) is 23.1 Å². The second-order valence-corrected chi connectivity index (χ2v) is 6.41. The summed E-state index contributed by atoms with van der Waals surface area (Å²) in [6.07, 6.45) is 2.11. The predicted molar refractivity (Wildman–Crippen MR) is 102 cm³/mol. The van der Waals surface area contributed by atoms with Crippen LogP contribution in [0.15, 0.2) is 42.5 Å². The van der Waals surface area contributed by atoms with E-state index >= 15 is 0 Å². The Morgan fingerprint density at radius 3 is 2.60 bits per heavy atom. The molecular formula is C19H20ClN3O2. The molecule has 0 saturated carbocycles. The first kappa shape index (κ1) is 17.3. The molecule has 0 fully saturated rings. The van der Waals surface area contributed by atoms with E-state index in [2.05, 4.69) is 17.6 Å². The highest BCUT2D eigenvalue weighted by Crippen LogP contribution is 2.30. The Labute approximate surface area is 152 Å². The van der Waals surface area contributed by atoms with Crippen LogP contribution in [0.25, 0.3) is 0 Å². The van der Waals surface area contributed by atoms with Crippen LogP contribution in [0.3, 0.4) is 0 Å². The van der Waals surface area contributed by atoms with Gasteiger partial charge in [-0.3, -0.25) is 4.79 Å². The van der Waals surface area contributed by atoms with Gasteiger partial charge >= 0.3 is 6.03 Å². The van der Waals surface area contributed by atoms with Gasteiger partial charge in [-0.05, 0) is 54.8 Å². The van der Waals surface area contributed by atoms with Gasteiger partial charge in [0.2, 0.25) is 5.91 Å². The van der Waals surface area contributed by atoms with Crippen LogP contribution in [0.5, 0.6) is 0 Å². The van der Waals surface area contributed by atoms with E-state index in [4.69, 9.17) is 11.6 Å². The lowest BCUT2D eigenvalue weighted by Gasteiger charge is -2.29. The topological polar surface area (TPSA) is 61.4 Å². The Balaban J connectivity index is 1.72. The van der Waals surface area contributed by atoms with Gasteiger partial charge < -0.3 is 15.5 Å². The summed E-state index contributed by atoms with van der Waals surface area (Å²) < 4.78 is 0. The Morgan fingerprint density at radius 2 is 1.88 bits per heavy atom. The molecule has 1 heterocycles. The third kappa shape index (κ3) is 4.12. The van der Waals surface area contributed by atoms with Crippen molar-refractivity contribution in [2.24, 2.45) is 0 Å². The van der Waals surface area contributed by atoms with Gasteiger partial charge in [0.15, 0.2) is 0 Å². The molecule has 2 N–H and O–H groups in total. The van der Waals surface area contributed by atoms with Crippen LogP contribution in [0.1, 0.15) is 25.3 Å². The van der Waals surface area contributed by atoms with Crippen LogP contribution in [-0.2, 0) is 11.2 Å². The molecule has 3 amide bonds. The molecule has 2 aromatic rings. The zero-order valence-electron chi connectivity index (χ0n) is 14.0. The van der Waals surface area contributed by atoms with Crippen molar-refractivity contribution in [2.45, 2.75) is 26.2 Å². The number of benzene rings is 2. The van der Waals surface area contributed by atoms with Gasteiger partial charge in [-0.2, -0.15) is 0 Å². The first-order valence-electron chi connectivity index (χ1n) is 8.33. The van der Waals surface area contributed by atoms with Crippen molar-refractivity contribution in [1.82, 2.24) is 0 Å². The molecule has 1 aliphatic heterocycles. The maximum absolute atomic E-state index is 12.2. The summed E-state index contributed by atoms with van der Waals surface area (Å²) in [4.78, 5) is 26.1. The molecule has 25 heavy (non-hydrogen) atoms. The molecule has 2 aromatic carbocycles. The summed E-state index contributed by atoms with van der Waals surface area (Å²) in [5.74, 6) is 0.161. The van der Waals surface area contributed by atoms with Crippen LogP contribution < -0.4 is 15.5 Å². The van der Waals surface area contributed by atoms with Gasteiger partial charge in [-0.15, -0.1) is 0 Å². The van der Waals surface area contributed by atoms with Crippen molar-refractivity contribution in [1.29, 1.82) is 0 Å². The average Bonchev–Trinajstić information content (AvgIpc) is 2.57. The average molecular weight is 358 g/mol. The SMILES string of the molecule is CCCN1C(=O)CCc2cc(NC(=O)Nc3cccc(Cl)c3)ccc21. The third-order valence-electron chi connectivity index (χ3n) is 4.07. The predicted octanol–water partition coefficient (Wildman–Crippen LogP) is 4.67. The van der Waals surface area contributed by atoms with Crippen molar-refractivity contribution in [3.8, 4) is 0 Å². The van der Waals surface area contributed by atoms with Gasteiger partial charge in [0.25, 0.3) is 0 Å². The molecule has 0 unspecified atom stereocenters. The number of hydrogen-bond acceptors (Lipinski definition) is 2. The van der Waals surface area contributed by atoms with Crippen molar-refractivity contribution in [2.75, 3.05) is 22.1 Å². The zero-order chi connectivity index (χ0) is 17.8. The summed E-state index contributed by atoms with van der Waals surface area (Å²) in [7, 11) is 0. The van der Waals surface area contributed by atoms with Gasteiger partial charge in [0.05, 0.1) is 0 Å². The number of nitrogens with one attached hydrogen (secondary N) is 2. The maximum Gasteiger partial charge on any atom is 0.323 e. The number of amides is 3. The fourth-order valence-corrected chi connectivity index (χ4v) is 3.16. The maximum atomic E-state index is 12.2. The molecular weight excluding hydrogens is 338 g/mol. The van der Waals surface area contributed by atoms with Gasteiger partial charge in [0, 0.05) is 35.1 Å². The summed E-state index contributed by atoms with van der Waals surface area (Å²) >= 11 is 5.92. The Hall–Kier alpha value is -2.53. The highest BCUT2D eigenvalue weighted by molar-refractivity contribution is 6.30. The number of carbonyl (C=O) groups excluding carboxylic acids is 2. The quantitative estimate of drug-likeness (QED) is 0.835. The van der Waals surface area contributed by atoms with E-state index in [0.29, 0.717) is 35.8 Å². The highest BCUT2D eigenvalue weighted by Gasteiger charge is 2.23. The fourth-order valence-electron chi connectivity index (χ4n) is 2.97. The molecule has 0 radical (unpaired) electrons. The summed E-state index contributed by atoms with van der Waals surface area (Å²) in [6.45, 7) is 2.77. The fraction of sp³-hybridized carbons (Fsp3) is 0.263. The first-order valence-corrected chi connectivity index (χ1v) is 8.71. The summed E-state index contributed by atoms with van der Waals surface area (Å²) in [5, 5.41) is 6.13. The summed E-state index contributed by atoms with van der Waals surface area (Å²) in [6, 6.07) is 12.3. The standard InChI is InChI=1S/C19H20ClN3O2/c1-2-10-23-17-8-7-16(11-13(17)6-9-18(23)24)22-19(25)21-15-5-3-4-14(20)12-15/h3-5,7-8,11-12H,2,6,9-10H2,1H3,(H2,21,22,25). The lowest BCUT2D eigenvalue weighted by molar-refractivity contribution is -0.118. The van der Waals surface area contributed by atoms with Crippen molar-refractivity contribution >= 4 is 40.6 Å². The third-order valence-corrected chi connectivity index (χ3v) is 4.30. The molecule has 0 spiro atoms. The molecule has 6 heteroatoms. The van der Waals surface area contributed by atoms with E-state index in [1.54, 1.807) is 24.3 Å². The van der Waals surface area contributed by atoms with Crippen LogP contribution in [0, 0.1) is 0 Å². The number of hydrogen-bond donors (Lipinski definition) is 2. The second-order valence-electron chi connectivity index (χ2n) is 5.98.